The number of anilines is 1. The fourth-order valence-corrected chi connectivity index (χ4v) is 3.41. The van der Waals surface area contributed by atoms with Crippen LogP contribution in [0.3, 0.4) is 0 Å². The first-order chi connectivity index (χ1) is 10.9. The molecule has 128 valence electrons. The van der Waals surface area contributed by atoms with Crippen LogP contribution in [-0.4, -0.2) is 66.8 Å². The number of nitrogens with zero attached hydrogens (tertiary/aromatic N) is 3. The van der Waals surface area contributed by atoms with E-state index in [1.54, 1.807) is 32.4 Å². The standard InChI is InChI=1S/C14H22N4O5/c1-8-5-18(13(19)16-11(8)15)12-9-10(21-4)14(22-12,7-20-3)6-17(2)23-9/h5,9-10,12H,6-7H2,1-4H3,(H2,15,16,19)/t9?,10?,12?,14-/m1/s1. The smallest absolute Gasteiger partial charge is 0.351 e. The molecule has 0 aromatic carbocycles. The Bertz CT molecular complexity index is 651. The number of aryl methyl sites for hydroxylation is 1. The van der Waals surface area contributed by atoms with Crippen molar-refractivity contribution in [1.29, 1.82) is 0 Å². The molecule has 2 bridgehead atoms. The van der Waals surface area contributed by atoms with Crippen LogP contribution in [0.2, 0.25) is 0 Å². The second kappa shape index (κ2) is 5.84. The summed E-state index contributed by atoms with van der Waals surface area (Å²) in [6.07, 6.45) is 0.108. The Balaban J connectivity index is 2.05. The fourth-order valence-electron chi connectivity index (χ4n) is 3.41. The predicted octanol–water partition coefficient (Wildman–Crippen LogP) is -0.691. The highest BCUT2D eigenvalue weighted by Gasteiger charge is 2.61. The fraction of sp³-hybridized carbons (Fsp3) is 0.714. The molecule has 4 atom stereocenters. The van der Waals surface area contributed by atoms with Crippen LogP contribution >= 0.6 is 0 Å². The van der Waals surface area contributed by atoms with Crippen LogP contribution in [0.25, 0.3) is 0 Å². The molecule has 0 radical (unpaired) electrons. The number of ether oxygens (including phenoxy) is 3. The molecule has 0 aliphatic carbocycles. The summed E-state index contributed by atoms with van der Waals surface area (Å²) in [4.78, 5) is 21.9. The largest absolute Gasteiger partial charge is 0.383 e. The summed E-state index contributed by atoms with van der Waals surface area (Å²) in [6.45, 7) is 2.57. The minimum atomic E-state index is -0.722. The van der Waals surface area contributed by atoms with E-state index in [0.29, 0.717) is 18.7 Å². The van der Waals surface area contributed by atoms with Gasteiger partial charge in [0.1, 0.15) is 17.5 Å². The van der Waals surface area contributed by atoms with Crippen LogP contribution in [-0.2, 0) is 19.0 Å². The summed E-state index contributed by atoms with van der Waals surface area (Å²) in [5.74, 6) is 0.208. The van der Waals surface area contributed by atoms with E-state index in [1.807, 2.05) is 7.05 Å². The molecule has 2 N–H and O–H groups in total. The van der Waals surface area contributed by atoms with Crippen LogP contribution in [0.1, 0.15) is 11.8 Å². The molecule has 3 heterocycles. The lowest BCUT2D eigenvalue weighted by Crippen LogP contribution is -2.59. The molecule has 23 heavy (non-hydrogen) atoms. The zero-order chi connectivity index (χ0) is 16.8. The molecule has 9 nitrogen and oxygen atoms in total. The Kier molecular flexibility index (Phi) is 4.15. The van der Waals surface area contributed by atoms with Gasteiger partial charge in [-0.3, -0.25) is 9.40 Å². The van der Waals surface area contributed by atoms with Crippen molar-refractivity contribution < 1.29 is 19.0 Å². The Morgan fingerprint density at radius 1 is 1.52 bits per heavy atom. The molecule has 2 aliphatic rings. The van der Waals surface area contributed by atoms with Crippen LogP contribution in [0.4, 0.5) is 5.82 Å². The van der Waals surface area contributed by atoms with Crippen molar-refractivity contribution in [1.82, 2.24) is 14.6 Å². The average molecular weight is 326 g/mol. The topological polar surface area (TPSA) is 101 Å². The number of fused-ring (bicyclic) bond motifs is 2. The van der Waals surface area contributed by atoms with Crippen LogP contribution < -0.4 is 11.4 Å². The number of nitrogen functional groups attached to an aromatic ring is 1. The van der Waals surface area contributed by atoms with Gasteiger partial charge in [-0.25, -0.2) is 4.79 Å². The van der Waals surface area contributed by atoms with Crippen molar-refractivity contribution in [3.05, 3.63) is 22.2 Å². The molecule has 2 saturated heterocycles. The molecule has 2 fully saturated rings. The Morgan fingerprint density at radius 3 is 2.91 bits per heavy atom. The third-order valence-corrected chi connectivity index (χ3v) is 4.34. The Labute approximate surface area is 133 Å². The van der Waals surface area contributed by atoms with Gasteiger partial charge in [-0.1, -0.05) is 0 Å². The molecule has 3 rings (SSSR count). The zero-order valence-electron chi connectivity index (χ0n) is 13.7. The summed E-state index contributed by atoms with van der Waals surface area (Å²) in [5.41, 5.74) is 5.18. The van der Waals surface area contributed by atoms with Gasteiger partial charge in [0.15, 0.2) is 12.3 Å². The Morgan fingerprint density at radius 2 is 2.26 bits per heavy atom. The van der Waals surface area contributed by atoms with Crippen molar-refractivity contribution in [3.63, 3.8) is 0 Å². The number of methoxy groups -OCH3 is 2. The van der Waals surface area contributed by atoms with E-state index >= 15 is 0 Å². The molecule has 9 heteroatoms. The lowest BCUT2D eigenvalue weighted by atomic mass is 9.94. The summed E-state index contributed by atoms with van der Waals surface area (Å²) >= 11 is 0. The number of hydrogen-bond donors (Lipinski definition) is 1. The highest BCUT2D eigenvalue weighted by atomic mass is 16.7. The second-order valence-corrected chi connectivity index (χ2v) is 6.02. The van der Waals surface area contributed by atoms with Gasteiger partial charge in [-0.05, 0) is 6.92 Å². The summed E-state index contributed by atoms with van der Waals surface area (Å²) in [6, 6.07) is 0. The SMILES string of the molecule is COC[C@@]12CN(C)OC(C(n3cc(C)c(N)nc3=O)O1)C2OC. The second-order valence-electron chi connectivity index (χ2n) is 6.02. The molecule has 0 amide bonds. The number of likely N-dealkylation sites (N-methyl/N-ethyl adjacent to an activating group) is 1. The van der Waals surface area contributed by atoms with Crippen LogP contribution in [0, 0.1) is 6.92 Å². The van der Waals surface area contributed by atoms with E-state index in [0.717, 1.165) is 0 Å². The van der Waals surface area contributed by atoms with Crippen molar-refractivity contribution >= 4 is 5.82 Å². The molecular weight excluding hydrogens is 304 g/mol. The number of aromatic nitrogens is 2. The molecular formula is C14H22N4O5. The van der Waals surface area contributed by atoms with Crippen molar-refractivity contribution in [2.45, 2.75) is 31.0 Å². The maximum Gasteiger partial charge on any atom is 0.351 e. The van der Waals surface area contributed by atoms with Gasteiger partial charge in [0, 0.05) is 33.0 Å². The van der Waals surface area contributed by atoms with Gasteiger partial charge in [0.25, 0.3) is 0 Å². The first kappa shape index (κ1) is 16.3. The van der Waals surface area contributed by atoms with E-state index in [2.05, 4.69) is 4.98 Å². The third kappa shape index (κ3) is 2.54. The monoisotopic (exact) mass is 326 g/mol. The summed E-state index contributed by atoms with van der Waals surface area (Å²) in [5, 5.41) is 1.68. The molecule has 3 unspecified atom stereocenters. The van der Waals surface area contributed by atoms with Gasteiger partial charge >= 0.3 is 5.69 Å². The zero-order valence-corrected chi connectivity index (χ0v) is 13.7. The maximum absolute atomic E-state index is 12.3. The molecule has 0 saturated carbocycles. The third-order valence-electron chi connectivity index (χ3n) is 4.34. The van der Waals surface area contributed by atoms with Gasteiger partial charge in [0.2, 0.25) is 0 Å². The number of rotatable bonds is 4. The van der Waals surface area contributed by atoms with Gasteiger partial charge in [-0.15, -0.1) is 0 Å². The molecule has 1 aromatic heterocycles. The molecule has 0 spiro atoms. The lowest BCUT2D eigenvalue weighted by Gasteiger charge is -2.40. The first-order valence-corrected chi connectivity index (χ1v) is 7.34. The van der Waals surface area contributed by atoms with Gasteiger partial charge in [0.05, 0.1) is 13.2 Å². The summed E-state index contributed by atoms with van der Waals surface area (Å²) < 4.78 is 18.6. The normalized spacial score (nSPS) is 34.0. The lowest BCUT2D eigenvalue weighted by molar-refractivity contribution is -0.263. The predicted molar refractivity (Wildman–Crippen MR) is 80.7 cm³/mol. The highest BCUT2D eigenvalue weighted by molar-refractivity contribution is 5.35. The number of hydrogen-bond acceptors (Lipinski definition) is 8. The molecule has 2 aliphatic heterocycles. The van der Waals surface area contributed by atoms with Crippen LogP contribution in [0.15, 0.2) is 11.0 Å². The van der Waals surface area contributed by atoms with E-state index in [1.165, 1.54) is 4.57 Å². The quantitative estimate of drug-likeness (QED) is 0.776. The first-order valence-electron chi connectivity index (χ1n) is 7.34. The number of nitrogens with two attached hydrogens (primary N) is 1. The van der Waals surface area contributed by atoms with Gasteiger partial charge in [-0.2, -0.15) is 10.0 Å². The maximum atomic E-state index is 12.3. The molecule has 1 aromatic rings. The van der Waals surface area contributed by atoms with Crippen LogP contribution in [0.5, 0.6) is 0 Å². The van der Waals surface area contributed by atoms with Crippen molar-refractivity contribution in [2.75, 3.05) is 40.2 Å². The Hall–Kier alpha value is -1.52. The summed E-state index contributed by atoms with van der Waals surface area (Å²) in [7, 11) is 5.01. The van der Waals surface area contributed by atoms with E-state index < -0.39 is 23.6 Å². The van der Waals surface area contributed by atoms with E-state index in [4.69, 9.17) is 24.8 Å². The average Bonchev–Trinajstić information content (AvgIpc) is 2.67. The van der Waals surface area contributed by atoms with Crippen molar-refractivity contribution in [3.8, 4) is 0 Å². The highest BCUT2D eigenvalue weighted by Crippen LogP contribution is 2.44. The van der Waals surface area contributed by atoms with Crippen molar-refractivity contribution in [2.24, 2.45) is 0 Å². The van der Waals surface area contributed by atoms with E-state index in [9.17, 15) is 4.79 Å². The van der Waals surface area contributed by atoms with Gasteiger partial charge < -0.3 is 19.9 Å². The minimum Gasteiger partial charge on any atom is -0.383 e. The van der Waals surface area contributed by atoms with E-state index in [-0.39, 0.29) is 11.9 Å². The number of hydroxylamine groups is 2. The minimum absolute atomic E-state index is 0.208.